The number of hydrogen-bond donors (Lipinski definition) is 6. The van der Waals surface area contributed by atoms with E-state index in [9.17, 15) is 29.1 Å². The summed E-state index contributed by atoms with van der Waals surface area (Å²) in [5.74, 6) is -4.55. The lowest BCUT2D eigenvalue weighted by Gasteiger charge is -2.30. The molecule has 0 rings (SSSR count). The molecule has 0 aliphatic rings. The Morgan fingerprint density at radius 2 is 1.30 bits per heavy atom. The zero-order chi connectivity index (χ0) is 25.7. The van der Waals surface area contributed by atoms with Crippen molar-refractivity contribution in [2.45, 2.75) is 77.5 Å². The Hall–Kier alpha value is -2.34. The molecule has 0 radical (unpaired) electrons. The lowest BCUT2D eigenvalue weighted by molar-refractivity contribution is -0.142. The van der Waals surface area contributed by atoms with Gasteiger partial charge in [0.15, 0.2) is 0 Å². The topological polar surface area (TPSA) is 188 Å². The van der Waals surface area contributed by atoms with E-state index >= 15 is 0 Å². The summed E-state index contributed by atoms with van der Waals surface area (Å²) in [7, 11) is 0. The third kappa shape index (κ3) is 10.9. The monoisotopic (exact) mass is 490 g/mol. The van der Waals surface area contributed by atoms with Gasteiger partial charge in [-0.3, -0.25) is 19.2 Å². The van der Waals surface area contributed by atoms with E-state index in [1.165, 1.54) is 11.8 Å². The van der Waals surface area contributed by atoms with Crippen LogP contribution in [0.3, 0.4) is 0 Å². The molecule has 0 fully saturated rings. The SMILES string of the molecule is CCC(C)C(NC(=O)C(N)CC(=O)O)C(=O)NC(C(=O)NC(CCSC)C(=O)O)C(C)CC. The van der Waals surface area contributed by atoms with E-state index < -0.39 is 60.2 Å². The molecule has 33 heavy (non-hydrogen) atoms. The van der Waals surface area contributed by atoms with Gasteiger partial charge in [-0.15, -0.1) is 0 Å². The highest BCUT2D eigenvalue weighted by Gasteiger charge is 2.34. The lowest BCUT2D eigenvalue weighted by atomic mass is 9.94. The molecule has 7 N–H and O–H groups in total. The summed E-state index contributed by atoms with van der Waals surface area (Å²) in [5.41, 5.74) is 5.60. The molecular formula is C21H38N4O7S. The average molecular weight is 491 g/mol. The molecule has 11 nitrogen and oxygen atoms in total. The van der Waals surface area contributed by atoms with Crippen LogP contribution in [0.1, 0.15) is 53.4 Å². The van der Waals surface area contributed by atoms with Gasteiger partial charge in [-0.25, -0.2) is 4.79 Å². The van der Waals surface area contributed by atoms with Gasteiger partial charge < -0.3 is 31.9 Å². The second kappa shape index (κ2) is 15.5. The number of nitrogens with two attached hydrogens (primary N) is 1. The second-order valence-electron chi connectivity index (χ2n) is 8.13. The first-order valence-electron chi connectivity index (χ1n) is 11.0. The van der Waals surface area contributed by atoms with Crippen LogP contribution in [0.25, 0.3) is 0 Å². The Kier molecular flexibility index (Phi) is 14.4. The molecule has 0 spiro atoms. The number of amides is 3. The van der Waals surface area contributed by atoms with Gasteiger partial charge in [0.05, 0.1) is 12.5 Å². The fourth-order valence-electron chi connectivity index (χ4n) is 2.94. The predicted octanol–water partition coefficient (Wildman–Crippen LogP) is 0.173. The quantitative estimate of drug-likeness (QED) is 0.175. The molecule has 0 aromatic carbocycles. The van der Waals surface area contributed by atoms with Gasteiger partial charge in [0.25, 0.3) is 0 Å². The van der Waals surface area contributed by atoms with Crippen molar-refractivity contribution < 1.29 is 34.2 Å². The number of nitrogens with one attached hydrogen (secondary N) is 3. The van der Waals surface area contributed by atoms with Crippen LogP contribution in [-0.2, 0) is 24.0 Å². The molecule has 12 heteroatoms. The maximum absolute atomic E-state index is 13.1. The molecule has 0 heterocycles. The first-order valence-corrected chi connectivity index (χ1v) is 12.4. The number of carboxylic acid groups (broad SMARTS) is 2. The van der Waals surface area contributed by atoms with Crippen LogP contribution < -0.4 is 21.7 Å². The first-order chi connectivity index (χ1) is 15.4. The molecule has 190 valence electrons. The number of carboxylic acids is 2. The summed E-state index contributed by atoms with van der Waals surface area (Å²) in [6.07, 6.45) is 2.52. The zero-order valence-electron chi connectivity index (χ0n) is 19.9. The highest BCUT2D eigenvalue weighted by Crippen LogP contribution is 2.13. The summed E-state index contributed by atoms with van der Waals surface area (Å²) in [4.78, 5) is 60.6. The molecule has 6 atom stereocenters. The van der Waals surface area contributed by atoms with E-state index in [-0.39, 0.29) is 18.3 Å². The summed E-state index contributed by atoms with van der Waals surface area (Å²) < 4.78 is 0. The predicted molar refractivity (Wildman–Crippen MR) is 126 cm³/mol. The van der Waals surface area contributed by atoms with Gasteiger partial charge in [-0.1, -0.05) is 40.5 Å². The Bertz CT molecular complexity index is 692. The minimum Gasteiger partial charge on any atom is -0.481 e. The molecular weight excluding hydrogens is 452 g/mol. The number of carbonyl (C=O) groups is 5. The van der Waals surface area contributed by atoms with Gasteiger partial charge in [-0.2, -0.15) is 11.8 Å². The standard InChI is InChI=1S/C21H38N4O7S/c1-6-11(3)16(19(29)23-14(21(31)32)8-9-33-5)25-20(30)17(12(4)7-2)24-18(28)13(22)10-15(26)27/h11-14,16-17H,6-10,22H2,1-5H3,(H,23,29)(H,24,28)(H,25,30)(H,26,27)(H,31,32). The fraction of sp³-hybridized carbons (Fsp3) is 0.762. The van der Waals surface area contributed by atoms with Crippen molar-refractivity contribution in [3.05, 3.63) is 0 Å². The minimum atomic E-state index is -1.33. The molecule has 0 aromatic rings. The normalized spacial score (nSPS) is 16.4. The van der Waals surface area contributed by atoms with Gasteiger partial charge >= 0.3 is 11.9 Å². The van der Waals surface area contributed by atoms with E-state index in [0.717, 1.165) is 0 Å². The maximum Gasteiger partial charge on any atom is 0.326 e. The van der Waals surface area contributed by atoms with Crippen molar-refractivity contribution in [2.24, 2.45) is 17.6 Å². The third-order valence-electron chi connectivity index (χ3n) is 5.54. The van der Waals surface area contributed by atoms with Crippen LogP contribution in [0, 0.1) is 11.8 Å². The van der Waals surface area contributed by atoms with Gasteiger partial charge in [0.1, 0.15) is 18.1 Å². The summed E-state index contributed by atoms with van der Waals surface area (Å²) in [5, 5.41) is 25.9. The van der Waals surface area contributed by atoms with Crippen LogP contribution >= 0.6 is 11.8 Å². The van der Waals surface area contributed by atoms with Gasteiger partial charge in [-0.05, 0) is 30.3 Å². The van der Waals surface area contributed by atoms with E-state index in [0.29, 0.717) is 18.6 Å². The van der Waals surface area contributed by atoms with Gasteiger partial charge in [0.2, 0.25) is 17.7 Å². The van der Waals surface area contributed by atoms with Crippen LogP contribution in [-0.4, -0.2) is 76.0 Å². The minimum absolute atomic E-state index is 0.233. The van der Waals surface area contributed by atoms with Crippen molar-refractivity contribution in [2.75, 3.05) is 12.0 Å². The molecule has 0 bridgehead atoms. The molecule has 0 saturated heterocycles. The molecule has 6 unspecified atom stereocenters. The largest absolute Gasteiger partial charge is 0.481 e. The number of rotatable bonds is 16. The van der Waals surface area contributed by atoms with Crippen molar-refractivity contribution >= 4 is 41.4 Å². The van der Waals surface area contributed by atoms with Crippen LogP contribution in [0.5, 0.6) is 0 Å². The van der Waals surface area contributed by atoms with Crippen molar-refractivity contribution in [1.82, 2.24) is 16.0 Å². The number of hydrogen-bond acceptors (Lipinski definition) is 7. The second-order valence-corrected chi connectivity index (χ2v) is 9.11. The number of aliphatic carboxylic acids is 2. The molecule has 0 saturated carbocycles. The summed E-state index contributed by atoms with van der Waals surface area (Å²) in [6, 6.07) is -4.49. The van der Waals surface area contributed by atoms with Crippen molar-refractivity contribution in [3.63, 3.8) is 0 Å². The maximum atomic E-state index is 13.1. The van der Waals surface area contributed by atoms with E-state index in [2.05, 4.69) is 16.0 Å². The Morgan fingerprint density at radius 1 is 0.848 bits per heavy atom. The zero-order valence-corrected chi connectivity index (χ0v) is 20.7. The van der Waals surface area contributed by atoms with Crippen molar-refractivity contribution in [3.8, 4) is 0 Å². The third-order valence-corrected chi connectivity index (χ3v) is 6.19. The smallest absolute Gasteiger partial charge is 0.326 e. The lowest BCUT2D eigenvalue weighted by Crippen LogP contribution is -2.60. The van der Waals surface area contributed by atoms with Crippen LogP contribution in [0.2, 0.25) is 0 Å². The number of carbonyl (C=O) groups excluding carboxylic acids is 3. The average Bonchev–Trinajstić information content (AvgIpc) is 2.76. The van der Waals surface area contributed by atoms with Crippen LogP contribution in [0.15, 0.2) is 0 Å². The van der Waals surface area contributed by atoms with Gasteiger partial charge in [0, 0.05) is 0 Å². The summed E-state index contributed by atoms with van der Waals surface area (Å²) in [6.45, 7) is 7.13. The Morgan fingerprint density at radius 3 is 1.70 bits per heavy atom. The van der Waals surface area contributed by atoms with Crippen molar-refractivity contribution in [1.29, 1.82) is 0 Å². The van der Waals surface area contributed by atoms with E-state index in [4.69, 9.17) is 10.8 Å². The number of thioether (sulfide) groups is 1. The molecule has 3 amide bonds. The highest BCUT2D eigenvalue weighted by molar-refractivity contribution is 7.98. The Balaban J connectivity index is 5.58. The fourth-order valence-corrected chi connectivity index (χ4v) is 3.41. The van der Waals surface area contributed by atoms with E-state index in [1.54, 1.807) is 13.8 Å². The molecule has 0 aliphatic heterocycles. The highest BCUT2D eigenvalue weighted by atomic mass is 32.2. The molecule has 0 aromatic heterocycles. The van der Waals surface area contributed by atoms with E-state index in [1.807, 2.05) is 20.1 Å². The van der Waals surface area contributed by atoms with Crippen LogP contribution in [0.4, 0.5) is 0 Å². The summed E-state index contributed by atoms with van der Waals surface area (Å²) >= 11 is 1.45. The first kappa shape index (κ1) is 30.7. The molecule has 0 aliphatic carbocycles. The Labute approximate surface area is 199 Å².